The van der Waals surface area contributed by atoms with E-state index in [4.69, 9.17) is 0 Å². The van der Waals surface area contributed by atoms with Gasteiger partial charge in [0.05, 0.1) is 28.0 Å². The Balaban J connectivity index is 1.66. The van der Waals surface area contributed by atoms with Crippen molar-refractivity contribution in [3.05, 3.63) is 94.5 Å². The number of thioether (sulfide) groups is 1. The third-order valence-corrected chi connectivity index (χ3v) is 5.31. The topological polar surface area (TPSA) is 64.0 Å². The average molecular weight is 441 g/mol. The van der Waals surface area contributed by atoms with Gasteiger partial charge in [-0.15, -0.1) is 0 Å². The van der Waals surface area contributed by atoms with E-state index in [1.807, 2.05) is 0 Å². The first-order valence-electron chi connectivity index (χ1n) is 9.08. The maximum absolute atomic E-state index is 13.8. The van der Waals surface area contributed by atoms with Gasteiger partial charge in [0, 0.05) is 6.07 Å². The van der Waals surface area contributed by atoms with Crippen molar-refractivity contribution < 1.29 is 18.0 Å². The maximum Gasteiger partial charge on any atom is 0.266 e. The fourth-order valence-electron chi connectivity index (χ4n) is 2.93. The van der Waals surface area contributed by atoms with E-state index in [9.17, 15) is 22.8 Å². The van der Waals surface area contributed by atoms with Gasteiger partial charge in [-0.2, -0.15) is 0 Å². The standard InChI is InChI=1S/C22H14F3N3O2S/c23-13-5-8-15(9-6-13)28-21(30)16-3-1-2-4-18(16)27-22(28)31-12-20(29)26-19-10-7-14(24)11-17(19)25/h1-11H,12H2,(H,26,29). The van der Waals surface area contributed by atoms with Crippen LogP contribution >= 0.6 is 11.8 Å². The Labute approximate surface area is 178 Å². The van der Waals surface area contributed by atoms with E-state index in [-0.39, 0.29) is 22.2 Å². The van der Waals surface area contributed by atoms with Gasteiger partial charge < -0.3 is 5.32 Å². The number of amides is 1. The third-order valence-electron chi connectivity index (χ3n) is 4.37. The zero-order chi connectivity index (χ0) is 22.0. The van der Waals surface area contributed by atoms with Crippen molar-refractivity contribution >= 4 is 34.3 Å². The molecule has 0 radical (unpaired) electrons. The van der Waals surface area contributed by atoms with Crippen molar-refractivity contribution in [1.82, 2.24) is 9.55 Å². The van der Waals surface area contributed by atoms with Gasteiger partial charge in [-0.3, -0.25) is 14.2 Å². The molecule has 4 rings (SSSR count). The molecule has 0 unspecified atom stereocenters. The van der Waals surface area contributed by atoms with Crippen LogP contribution in [-0.2, 0) is 4.79 Å². The number of rotatable bonds is 5. The van der Waals surface area contributed by atoms with Gasteiger partial charge in [0.2, 0.25) is 5.91 Å². The molecule has 0 aliphatic rings. The first-order chi connectivity index (χ1) is 14.9. The van der Waals surface area contributed by atoms with Crippen molar-refractivity contribution in [2.24, 2.45) is 0 Å². The molecule has 4 aromatic rings. The van der Waals surface area contributed by atoms with Gasteiger partial charge >= 0.3 is 0 Å². The molecule has 1 amide bonds. The zero-order valence-corrected chi connectivity index (χ0v) is 16.6. The molecular weight excluding hydrogens is 427 g/mol. The van der Waals surface area contributed by atoms with Gasteiger partial charge in [0.1, 0.15) is 17.5 Å². The highest BCUT2D eigenvalue weighted by Crippen LogP contribution is 2.22. The van der Waals surface area contributed by atoms with E-state index in [2.05, 4.69) is 10.3 Å². The Kier molecular flexibility index (Phi) is 5.77. The van der Waals surface area contributed by atoms with Crippen LogP contribution in [0.15, 0.2) is 76.7 Å². The number of hydrogen-bond acceptors (Lipinski definition) is 4. The lowest BCUT2D eigenvalue weighted by atomic mass is 10.2. The summed E-state index contributed by atoms with van der Waals surface area (Å²) in [5.74, 6) is -2.87. The van der Waals surface area contributed by atoms with Gasteiger partial charge in [0.25, 0.3) is 5.56 Å². The molecule has 0 atom stereocenters. The molecule has 0 fully saturated rings. The van der Waals surface area contributed by atoms with Crippen LogP contribution in [0, 0.1) is 17.5 Å². The second-order valence-electron chi connectivity index (χ2n) is 6.49. The van der Waals surface area contributed by atoms with Crippen LogP contribution in [-0.4, -0.2) is 21.2 Å². The number of hydrogen-bond donors (Lipinski definition) is 1. The van der Waals surface area contributed by atoms with E-state index in [0.29, 0.717) is 22.7 Å². The molecule has 3 aromatic carbocycles. The SMILES string of the molecule is O=C(CSc1nc2ccccc2c(=O)n1-c1ccc(F)cc1)Nc1ccc(F)cc1F. The highest BCUT2D eigenvalue weighted by Gasteiger charge is 2.16. The minimum Gasteiger partial charge on any atom is -0.323 e. The Morgan fingerprint density at radius 2 is 1.68 bits per heavy atom. The van der Waals surface area contributed by atoms with Crippen LogP contribution in [0.25, 0.3) is 16.6 Å². The molecule has 0 spiro atoms. The summed E-state index contributed by atoms with van der Waals surface area (Å²) in [6, 6.07) is 14.9. The minimum atomic E-state index is -0.898. The van der Waals surface area contributed by atoms with Crippen LogP contribution in [0.4, 0.5) is 18.9 Å². The average Bonchev–Trinajstić information content (AvgIpc) is 2.75. The number of fused-ring (bicyclic) bond motifs is 1. The van der Waals surface area contributed by atoms with E-state index in [1.165, 1.54) is 28.8 Å². The largest absolute Gasteiger partial charge is 0.323 e. The van der Waals surface area contributed by atoms with Crippen molar-refractivity contribution in [2.75, 3.05) is 11.1 Å². The van der Waals surface area contributed by atoms with E-state index < -0.39 is 23.4 Å². The molecule has 0 saturated heterocycles. The Morgan fingerprint density at radius 3 is 2.42 bits per heavy atom. The lowest BCUT2D eigenvalue weighted by Crippen LogP contribution is -2.23. The highest BCUT2D eigenvalue weighted by atomic mass is 32.2. The summed E-state index contributed by atoms with van der Waals surface area (Å²) >= 11 is 0.961. The summed E-state index contributed by atoms with van der Waals surface area (Å²) in [7, 11) is 0. The quantitative estimate of drug-likeness (QED) is 0.365. The van der Waals surface area contributed by atoms with Crippen LogP contribution < -0.4 is 10.9 Å². The zero-order valence-electron chi connectivity index (χ0n) is 15.8. The van der Waals surface area contributed by atoms with Crippen molar-refractivity contribution in [3.63, 3.8) is 0 Å². The number of halogens is 3. The van der Waals surface area contributed by atoms with Crippen molar-refractivity contribution in [2.45, 2.75) is 5.16 Å². The molecule has 5 nitrogen and oxygen atoms in total. The predicted molar refractivity (Wildman–Crippen MR) is 113 cm³/mol. The molecule has 31 heavy (non-hydrogen) atoms. The minimum absolute atomic E-state index is 0.158. The summed E-state index contributed by atoms with van der Waals surface area (Å²) in [6.45, 7) is 0. The third kappa shape index (κ3) is 4.46. The number of nitrogens with one attached hydrogen (secondary N) is 1. The molecule has 0 aliphatic heterocycles. The number of anilines is 1. The maximum atomic E-state index is 13.8. The second kappa shape index (κ2) is 8.65. The fourth-order valence-corrected chi connectivity index (χ4v) is 3.75. The number of carbonyl (C=O) groups is 1. The molecule has 1 aromatic heterocycles. The summed E-state index contributed by atoms with van der Waals surface area (Å²) in [5.41, 5.74) is 0.301. The molecule has 9 heteroatoms. The van der Waals surface area contributed by atoms with E-state index in [0.717, 1.165) is 23.9 Å². The molecule has 0 saturated carbocycles. The number of para-hydroxylation sites is 1. The molecule has 1 heterocycles. The normalized spacial score (nSPS) is 10.9. The number of carbonyl (C=O) groups excluding carboxylic acids is 1. The summed E-state index contributed by atoms with van der Waals surface area (Å²) in [4.78, 5) is 29.9. The highest BCUT2D eigenvalue weighted by molar-refractivity contribution is 7.99. The van der Waals surface area contributed by atoms with Gasteiger partial charge in [0.15, 0.2) is 5.16 Å². The lowest BCUT2D eigenvalue weighted by molar-refractivity contribution is -0.113. The number of aromatic nitrogens is 2. The smallest absolute Gasteiger partial charge is 0.266 e. The summed E-state index contributed by atoms with van der Waals surface area (Å²) in [6.07, 6.45) is 0. The molecular formula is C22H14F3N3O2S. The first-order valence-corrected chi connectivity index (χ1v) is 10.1. The summed E-state index contributed by atoms with van der Waals surface area (Å²) in [5, 5.41) is 2.94. The van der Waals surface area contributed by atoms with E-state index in [1.54, 1.807) is 24.3 Å². The van der Waals surface area contributed by atoms with Gasteiger partial charge in [-0.25, -0.2) is 18.2 Å². The fraction of sp³-hybridized carbons (Fsp3) is 0.0455. The summed E-state index contributed by atoms with van der Waals surface area (Å²) < 4.78 is 41.4. The Morgan fingerprint density at radius 1 is 0.968 bits per heavy atom. The predicted octanol–water partition coefficient (Wildman–Crippen LogP) is 4.53. The van der Waals surface area contributed by atoms with Crippen LogP contribution in [0.1, 0.15) is 0 Å². The van der Waals surface area contributed by atoms with Gasteiger partial charge in [-0.05, 0) is 48.5 Å². The van der Waals surface area contributed by atoms with Crippen molar-refractivity contribution in [1.29, 1.82) is 0 Å². The van der Waals surface area contributed by atoms with Crippen LogP contribution in [0.3, 0.4) is 0 Å². The first kappa shape index (κ1) is 20.7. The number of nitrogens with zero attached hydrogens (tertiary/aromatic N) is 2. The molecule has 0 aliphatic carbocycles. The molecule has 0 bridgehead atoms. The molecule has 156 valence electrons. The van der Waals surface area contributed by atoms with Crippen LogP contribution in [0.2, 0.25) is 0 Å². The van der Waals surface area contributed by atoms with Crippen molar-refractivity contribution in [3.8, 4) is 5.69 Å². The Bertz CT molecular complexity index is 1340. The second-order valence-corrected chi connectivity index (χ2v) is 7.43. The van der Waals surface area contributed by atoms with E-state index >= 15 is 0 Å². The van der Waals surface area contributed by atoms with Gasteiger partial charge in [-0.1, -0.05) is 23.9 Å². The monoisotopic (exact) mass is 441 g/mol. The van der Waals surface area contributed by atoms with Crippen LogP contribution in [0.5, 0.6) is 0 Å². The molecule has 1 N–H and O–H groups in total. The Hall–Kier alpha value is -3.59. The number of benzene rings is 3. The lowest BCUT2D eigenvalue weighted by Gasteiger charge is -2.13.